The van der Waals surface area contributed by atoms with Crippen LogP contribution in [0.5, 0.6) is 0 Å². The molecule has 0 aromatic heterocycles. The van der Waals surface area contributed by atoms with Gasteiger partial charge in [-0.15, -0.1) is 11.8 Å². The van der Waals surface area contributed by atoms with Crippen molar-refractivity contribution in [3.05, 3.63) is 65.2 Å². The van der Waals surface area contributed by atoms with Crippen LogP contribution in [0.2, 0.25) is 5.02 Å². The van der Waals surface area contributed by atoms with Gasteiger partial charge in [0.1, 0.15) is 6.04 Å². The Morgan fingerprint density at radius 1 is 1.07 bits per heavy atom. The lowest BCUT2D eigenvalue weighted by Crippen LogP contribution is -2.50. The largest absolute Gasteiger partial charge is 0.352 e. The maximum Gasteiger partial charge on any atom is 0.242 e. The first-order valence-corrected chi connectivity index (χ1v) is 11.9. The van der Waals surface area contributed by atoms with Crippen LogP contribution >= 0.6 is 23.4 Å². The Labute approximate surface area is 188 Å². The molecule has 0 aliphatic heterocycles. The summed E-state index contributed by atoms with van der Waals surface area (Å²) in [6, 6.07) is 17.0. The second kappa shape index (κ2) is 11.4. The second-order valence-corrected chi connectivity index (χ2v) is 9.25. The summed E-state index contributed by atoms with van der Waals surface area (Å²) in [5.74, 6) is 0.164. The van der Waals surface area contributed by atoms with Crippen molar-refractivity contribution in [3.63, 3.8) is 0 Å². The van der Waals surface area contributed by atoms with Crippen LogP contribution < -0.4 is 5.32 Å². The van der Waals surface area contributed by atoms with E-state index in [9.17, 15) is 9.59 Å². The highest BCUT2D eigenvalue weighted by atomic mass is 35.5. The smallest absolute Gasteiger partial charge is 0.242 e. The Hall–Kier alpha value is -1.98. The summed E-state index contributed by atoms with van der Waals surface area (Å²) < 4.78 is 0. The van der Waals surface area contributed by atoms with E-state index in [0.717, 1.165) is 36.1 Å². The van der Waals surface area contributed by atoms with E-state index in [2.05, 4.69) is 5.32 Å². The van der Waals surface area contributed by atoms with E-state index in [1.54, 1.807) is 4.90 Å². The monoisotopic (exact) mass is 444 g/mol. The number of nitrogens with zero attached hydrogens (tertiary/aromatic N) is 1. The van der Waals surface area contributed by atoms with Crippen molar-refractivity contribution in [2.75, 3.05) is 5.75 Å². The van der Waals surface area contributed by atoms with Gasteiger partial charge in [-0.05, 0) is 49.6 Å². The molecule has 1 fully saturated rings. The van der Waals surface area contributed by atoms with E-state index in [1.807, 2.05) is 61.5 Å². The summed E-state index contributed by atoms with van der Waals surface area (Å²) in [7, 11) is 0. The number of benzene rings is 2. The Bertz CT molecular complexity index is 823. The number of carbonyl (C=O) groups excluding carboxylic acids is 2. The van der Waals surface area contributed by atoms with Crippen molar-refractivity contribution in [1.82, 2.24) is 10.2 Å². The molecule has 2 amide bonds. The molecule has 1 saturated carbocycles. The molecule has 2 aromatic rings. The van der Waals surface area contributed by atoms with E-state index in [0.29, 0.717) is 17.3 Å². The van der Waals surface area contributed by atoms with Gasteiger partial charge < -0.3 is 10.2 Å². The minimum absolute atomic E-state index is 0.0508. The van der Waals surface area contributed by atoms with Gasteiger partial charge in [0.15, 0.2) is 0 Å². The van der Waals surface area contributed by atoms with Gasteiger partial charge in [0, 0.05) is 22.5 Å². The van der Waals surface area contributed by atoms with Crippen LogP contribution in [0, 0.1) is 0 Å². The van der Waals surface area contributed by atoms with Gasteiger partial charge in [-0.2, -0.15) is 0 Å². The molecule has 1 aliphatic carbocycles. The molecule has 0 unspecified atom stereocenters. The molecular formula is C24H29ClN2O2S. The average molecular weight is 445 g/mol. The first-order valence-electron chi connectivity index (χ1n) is 10.5. The quantitative estimate of drug-likeness (QED) is 0.562. The Balaban J connectivity index is 1.68. The molecule has 30 heavy (non-hydrogen) atoms. The standard InChI is InChI=1S/C24H29ClN2O2S/c1-18(24(29)26-21-8-4-2-5-9-21)27(16-19-12-14-20(25)15-13-19)23(28)17-30-22-10-6-3-7-11-22/h3,6-7,10-15,18,21H,2,4-5,8-9,16-17H2,1H3,(H,26,29)/t18-/m1/s1. The highest BCUT2D eigenvalue weighted by Crippen LogP contribution is 2.21. The van der Waals surface area contributed by atoms with Crippen molar-refractivity contribution < 1.29 is 9.59 Å². The molecule has 1 atom stereocenters. The summed E-state index contributed by atoms with van der Waals surface area (Å²) >= 11 is 7.49. The lowest BCUT2D eigenvalue weighted by atomic mass is 9.95. The molecule has 0 radical (unpaired) electrons. The number of halogens is 1. The van der Waals surface area contributed by atoms with Gasteiger partial charge in [0.05, 0.1) is 5.75 Å². The molecule has 0 bridgehead atoms. The van der Waals surface area contributed by atoms with Crippen LogP contribution in [-0.4, -0.2) is 34.6 Å². The summed E-state index contributed by atoms with van der Waals surface area (Å²) in [5.41, 5.74) is 0.953. The molecule has 4 nitrogen and oxygen atoms in total. The van der Waals surface area contributed by atoms with Gasteiger partial charge >= 0.3 is 0 Å². The van der Waals surface area contributed by atoms with Crippen LogP contribution in [0.3, 0.4) is 0 Å². The van der Waals surface area contributed by atoms with E-state index < -0.39 is 6.04 Å². The van der Waals surface area contributed by atoms with Crippen LogP contribution in [0.15, 0.2) is 59.5 Å². The van der Waals surface area contributed by atoms with Crippen LogP contribution in [0.4, 0.5) is 0 Å². The van der Waals surface area contributed by atoms with Gasteiger partial charge in [0.25, 0.3) is 0 Å². The van der Waals surface area contributed by atoms with Gasteiger partial charge in [-0.3, -0.25) is 9.59 Å². The van der Waals surface area contributed by atoms with Crippen molar-refractivity contribution in [2.24, 2.45) is 0 Å². The Morgan fingerprint density at radius 3 is 2.40 bits per heavy atom. The molecule has 1 aliphatic rings. The number of hydrogen-bond donors (Lipinski definition) is 1. The molecule has 6 heteroatoms. The van der Waals surface area contributed by atoms with Crippen LogP contribution in [0.25, 0.3) is 0 Å². The predicted octanol–water partition coefficient (Wildman–Crippen LogP) is 5.30. The zero-order valence-corrected chi connectivity index (χ0v) is 18.9. The summed E-state index contributed by atoms with van der Waals surface area (Å²) in [5, 5.41) is 3.81. The maximum atomic E-state index is 13.1. The van der Waals surface area contributed by atoms with Crippen LogP contribution in [-0.2, 0) is 16.1 Å². The lowest BCUT2D eigenvalue weighted by Gasteiger charge is -2.31. The Kier molecular flexibility index (Phi) is 8.64. The third-order valence-electron chi connectivity index (χ3n) is 5.49. The highest BCUT2D eigenvalue weighted by molar-refractivity contribution is 8.00. The third-order valence-corrected chi connectivity index (χ3v) is 6.74. The van der Waals surface area contributed by atoms with Gasteiger partial charge in [-0.1, -0.05) is 61.2 Å². The zero-order chi connectivity index (χ0) is 21.3. The Morgan fingerprint density at radius 2 is 1.73 bits per heavy atom. The number of amides is 2. The van der Waals surface area contributed by atoms with Crippen molar-refractivity contribution in [2.45, 2.75) is 62.6 Å². The topological polar surface area (TPSA) is 49.4 Å². The fourth-order valence-corrected chi connectivity index (χ4v) is 4.61. The van der Waals surface area contributed by atoms with E-state index in [1.165, 1.54) is 18.2 Å². The van der Waals surface area contributed by atoms with Gasteiger partial charge in [-0.25, -0.2) is 0 Å². The molecule has 1 N–H and O–H groups in total. The molecule has 3 rings (SSSR count). The number of carbonyl (C=O) groups is 2. The molecule has 0 heterocycles. The number of rotatable bonds is 8. The molecule has 160 valence electrons. The number of thioether (sulfide) groups is 1. The fraction of sp³-hybridized carbons (Fsp3) is 0.417. The van der Waals surface area contributed by atoms with Crippen molar-refractivity contribution in [1.29, 1.82) is 0 Å². The lowest BCUT2D eigenvalue weighted by molar-refractivity contribution is -0.139. The highest BCUT2D eigenvalue weighted by Gasteiger charge is 2.28. The molecule has 0 spiro atoms. The second-order valence-electron chi connectivity index (χ2n) is 7.77. The van der Waals surface area contributed by atoms with Crippen LogP contribution in [0.1, 0.15) is 44.6 Å². The van der Waals surface area contributed by atoms with E-state index in [-0.39, 0.29) is 17.9 Å². The predicted molar refractivity (Wildman–Crippen MR) is 124 cm³/mol. The maximum absolute atomic E-state index is 13.1. The minimum atomic E-state index is -0.536. The molecular weight excluding hydrogens is 416 g/mol. The average Bonchev–Trinajstić information content (AvgIpc) is 2.78. The summed E-state index contributed by atoms with van der Waals surface area (Å²) in [6.07, 6.45) is 5.58. The first kappa shape index (κ1) is 22.7. The third kappa shape index (κ3) is 6.78. The van der Waals surface area contributed by atoms with E-state index in [4.69, 9.17) is 11.6 Å². The first-order chi connectivity index (χ1) is 14.5. The van der Waals surface area contributed by atoms with E-state index >= 15 is 0 Å². The van der Waals surface area contributed by atoms with Crippen molar-refractivity contribution in [3.8, 4) is 0 Å². The summed E-state index contributed by atoms with van der Waals surface area (Å²) in [4.78, 5) is 28.8. The van der Waals surface area contributed by atoms with Gasteiger partial charge in [0.2, 0.25) is 11.8 Å². The number of nitrogens with one attached hydrogen (secondary N) is 1. The number of hydrogen-bond acceptors (Lipinski definition) is 3. The SMILES string of the molecule is C[C@H](C(=O)NC1CCCCC1)N(Cc1ccc(Cl)cc1)C(=O)CSc1ccccc1. The van der Waals surface area contributed by atoms with Crippen molar-refractivity contribution >= 4 is 35.2 Å². The zero-order valence-electron chi connectivity index (χ0n) is 17.4. The molecule has 2 aromatic carbocycles. The fourth-order valence-electron chi connectivity index (χ4n) is 3.68. The normalized spacial score (nSPS) is 15.4. The summed E-state index contributed by atoms with van der Waals surface area (Å²) in [6.45, 7) is 2.20. The molecule has 0 saturated heterocycles. The minimum Gasteiger partial charge on any atom is -0.352 e.